The van der Waals surface area contributed by atoms with Crippen molar-refractivity contribution in [3.05, 3.63) is 30.1 Å². The summed E-state index contributed by atoms with van der Waals surface area (Å²) in [6.07, 6.45) is 6.70. The quantitative estimate of drug-likeness (QED) is 0.554. The second kappa shape index (κ2) is 10.0. The Hall–Kier alpha value is -2.24. The van der Waals surface area contributed by atoms with Gasteiger partial charge in [-0.25, -0.2) is 31.5 Å². The lowest BCUT2D eigenvalue weighted by atomic mass is 9.85. The fourth-order valence-electron chi connectivity index (χ4n) is 5.14. The van der Waals surface area contributed by atoms with E-state index in [-0.39, 0.29) is 23.9 Å². The van der Waals surface area contributed by atoms with Gasteiger partial charge in [-0.1, -0.05) is 6.07 Å². The van der Waals surface area contributed by atoms with Crippen LogP contribution in [-0.2, 0) is 20.7 Å². The summed E-state index contributed by atoms with van der Waals surface area (Å²) >= 11 is 0. The van der Waals surface area contributed by atoms with Gasteiger partial charge in [0.1, 0.15) is 12.1 Å². The van der Waals surface area contributed by atoms with E-state index in [4.69, 9.17) is 0 Å². The zero-order valence-corrected chi connectivity index (χ0v) is 21.2. The maximum Gasteiger partial charge on any atom is 0.270 e. The molecule has 0 atom stereocenters. The van der Waals surface area contributed by atoms with E-state index in [0.717, 1.165) is 45.7 Å². The lowest BCUT2D eigenvalue weighted by Gasteiger charge is -2.47. The van der Waals surface area contributed by atoms with E-state index in [0.29, 0.717) is 35.1 Å². The van der Waals surface area contributed by atoms with Crippen LogP contribution in [-0.4, -0.2) is 78.4 Å². The largest absolute Gasteiger partial charge is 0.362 e. The first-order valence-corrected chi connectivity index (χ1v) is 13.8. The first-order valence-electron chi connectivity index (χ1n) is 12.0. The zero-order chi connectivity index (χ0) is 25.4. The summed E-state index contributed by atoms with van der Waals surface area (Å²) in [5, 5.41) is 3.47. The molecular formula is C24H33F2N5O3S. The second-order valence-electron chi connectivity index (χ2n) is 10.0. The number of sulfonamides is 1. The summed E-state index contributed by atoms with van der Waals surface area (Å²) in [6, 6.07) is 4.77. The molecule has 11 heteroatoms. The molecule has 2 heterocycles. The Morgan fingerprint density at radius 3 is 2.51 bits per heavy atom. The Labute approximate surface area is 205 Å². The van der Waals surface area contributed by atoms with Gasteiger partial charge in [-0.3, -0.25) is 9.69 Å². The molecule has 1 saturated heterocycles. The molecule has 2 aromatic rings. The molecule has 4 rings (SSSR count). The number of aromatic nitrogens is 2. The smallest absolute Gasteiger partial charge is 0.270 e. The number of ketones is 1. The third-order valence-electron chi connectivity index (χ3n) is 7.32. The third-order valence-corrected chi connectivity index (χ3v) is 8.66. The van der Waals surface area contributed by atoms with Crippen LogP contribution in [0.15, 0.2) is 24.5 Å². The molecule has 35 heavy (non-hydrogen) atoms. The minimum atomic E-state index is -3.17. The molecule has 1 aliphatic carbocycles. The van der Waals surface area contributed by atoms with Crippen LogP contribution in [0.4, 0.5) is 14.6 Å². The van der Waals surface area contributed by atoms with Gasteiger partial charge in [0.05, 0.1) is 18.3 Å². The molecule has 1 aromatic carbocycles. The molecule has 0 unspecified atom stereocenters. The predicted octanol–water partition coefficient (Wildman–Crippen LogP) is 3.25. The van der Waals surface area contributed by atoms with Crippen molar-refractivity contribution < 1.29 is 22.0 Å². The molecule has 1 aromatic heterocycles. The Kier molecular flexibility index (Phi) is 7.40. The molecule has 1 aliphatic heterocycles. The van der Waals surface area contributed by atoms with Gasteiger partial charge in [0.2, 0.25) is 10.0 Å². The Bertz CT molecular complexity index is 1170. The molecular weight excluding hydrogens is 476 g/mol. The Balaban J connectivity index is 1.24. The maximum atomic E-state index is 13.7. The van der Waals surface area contributed by atoms with Crippen LogP contribution in [0.3, 0.4) is 0 Å². The van der Waals surface area contributed by atoms with Gasteiger partial charge in [-0.15, -0.1) is 0 Å². The second-order valence-corrected chi connectivity index (χ2v) is 12.0. The minimum absolute atomic E-state index is 0.0527. The predicted molar refractivity (Wildman–Crippen MR) is 131 cm³/mol. The van der Waals surface area contributed by atoms with E-state index in [1.807, 2.05) is 0 Å². The molecule has 2 fully saturated rings. The van der Waals surface area contributed by atoms with Crippen LogP contribution in [0.1, 0.15) is 44.6 Å². The van der Waals surface area contributed by atoms with Crippen molar-refractivity contribution in [3.63, 3.8) is 0 Å². The van der Waals surface area contributed by atoms with Gasteiger partial charge in [-0.05, 0) is 43.7 Å². The van der Waals surface area contributed by atoms with Crippen LogP contribution in [0.25, 0.3) is 10.9 Å². The lowest BCUT2D eigenvalue weighted by molar-refractivity contribution is -0.120. The lowest BCUT2D eigenvalue weighted by Crippen LogP contribution is -2.54. The number of nitrogens with one attached hydrogen (secondary N) is 1. The van der Waals surface area contributed by atoms with Crippen molar-refractivity contribution in [1.29, 1.82) is 0 Å². The molecule has 192 valence electrons. The molecule has 8 nitrogen and oxygen atoms in total. The Morgan fingerprint density at radius 2 is 1.89 bits per heavy atom. The van der Waals surface area contributed by atoms with Crippen LogP contribution in [0.2, 0.25) is 0 Å². The number of hydrogen-bond donors (Lipinski definition) is 1. The summed E-state index contributed by atoms with van der Waals surface area (Å²) in [5.41, 5.74) is 0.413. The van der Waals surface area contributed by atoms with Gasteiger partial charge in [-0.2, -0.15) is 0 Å². The number of carbonyl (C=O) groups excluding carboxylic acids is 1. The van der Waals surface area contributed by atoms with E-state index in [9.17, 15) is 22.0 Å². The number of rotatable bonds is 9. The summed E-state index contributed by atoms with van der Waals surface area (Å²) in [7, 11) is -1.51. The van der Waals surface area contributed by atoms with E-state index < -0.39 is 15.9 Å². The summed E-state index contributed by atoms with van der Waals surface area (Å²) in [6.45, 7) is 2.66. The van der Waals surface area contributed by atoms with Crippen molar-refractivity contribution in [2.24, 2.45) is 5.92 Å². The first-order chi connectivity index (χ1) is 16.4. The third kappa shape index (κ3) is 6.13. The number of carbonyl (C=O) groups is 1. The van der Waals surface area contributed by atoms with Crippen molar-refractivity contribution in [3.8, 4) is 0 Å². The highest BCUT2D eigenvalue weighted by atomic mass is 32.2. The Morgan fingerprint density at radius 1 is 1.20 bits per heavy atom. The molecule has 0 bridgehead atoms. The number of Topliss-reactive ketones (excluding diaryl/α,β-unsaturated/α-hetero) is 1. The van der Waals surface area contributed by atoms with Gasteiger partial charge in [0, 0.05) is 56.5 Å². The highest BCUT2D eigenvalue weighted by molar-refractivity contribution is 7.88. The van der Waals surface area contributed by atoms with Gasteiger partial charge >= 0.3 is 0 Å². The van der Waals surface area contributed by atoms with E-state index in [1.165, 1.54) is 35.1 Å². The van der Waals surface area contributed by atoms with Gasteiger partial charge < -0.3 is 5.32 Å². The maximum absolute atomic E-state index is 13.7. The van der Waals surface area contributed by atoms with Crippen molar-refractivity contribution >= 4 is 32.5 Å². The minimum Gasteiger partial charge on any atom is -0.362 e. The summed E-state index contributed by atoms with van der Waals surface area (Å²) < 4.78 is 52.5. The first kappa shape index (κ1) is 25.8. The number of fused-ring (bicyclic) bond motifs is 1. The van der Waals surface area contributed by atoms with Crippen LogP contribution < -0.4 is 5.32 Å². The van der Waals surface area contributed by atoms with Crippen molar-refractivity contribution in [2.75, 3.05) is 38.3 Å². The number of benzene rings is 1. The SMILES string of the molecule is CN(C1CCC(N2CC(CC(=O)CNc3ncnc4ccc(C(C)(F)F)cc34)C2)CC1)S(C)(=O)=O. The number of nitrogens with zero attached hydrogens (tertiary/aromatic N) is 4. The normalized spacial score (nSPS) is 22.3. The molecule has 1 N–H and O–H groups in total. The zero-order valence-electron chi connectivity index (χ0n) is 20.4. The van der Waals surface area contributed by atoms with E-state index >= 15 is 0 Å². The fraction of sp³-hybridized carbons (Fsp3) is 0.625. The van der Waals surface area contributed by atoms with E-state index in [1.54, 1.807) is 7.05 Å². The fourth-order valence-corrected chi connectivity index (χ4v) is 5.89. The average molecular weight is 510 g/mol. The number of hydrogen-bond acceptors (Lipinski definition) is 7. The van der Waals surface area contributed by atoms with Crippen LogP contribution in [0, 0.1) is 5.92 Å². The van der Waals surface area contributed by atoms with Crippen molar-refractivity contribution in [2.45, 2.75) is 57.0 Å². The highest BCUT2D eigenvalue weighted by Gasteiger charge is 2.37. The number of anilines is 1. The van der Waals surface area contributed by atoms with Crippen LogP contribution >= 0.6 is 0 Å². The highest BCUT2D eigenvalue weighted by Crippen LogP contribution is 2.33. The average Bonchev–Trinajstić information content (AvgIpc) is 2.78. The van der Waals surface area contributed by atoms with Gasteiger partial charge in [0.15, 0.2) is 5.78 Å². The monoisotopic (exact) mass is 509 g/mol. The summed E-state index contributed by atoms with van der Waals surface area (Å²) in [4.78, 5) is 23.2. The standard InChI is InChI=1S/C24H33F2N5O3S/c1-24(25,26)17-4-9-22-21(11-17)23(29-15-28-22)27-12-20(32)10-16-13-31(14-16)19-7-5-18(6-8-19)30(2)35(3,33)34/h4,9,11,15-16,18-19H,5-8,10,12-14H2,1-3H3,(H,27,28,29). The molecule has 1 saturated carbocycles. The van der Waals surface area contributed by atoms with Gasteiger partial charge in [0.25, 0.3) is 5.92 Å². The number of halogens is 2. The molecule has 0 spiro atoms. The van der Waals surface area contributed by atoms with Crippen LogP contribution in [0.5, 0.6) is 0 Å². The topological polar surface area (TPSA) is 95.5 Å². The summed E-state index contributed by atoms with van der Waals surface area (Å²) in [5.74, 6) is -2.25. The van der Waals surface area contributed by atoms with Crippen molar-refractivity contribution in [1.82, 2.24) is 19.2 Å². The van der Waals surface area contributed by atoms with E-state index in [2.05, 4.69) is 20.2 Å². The molecule has 0 radical (unpaired) electrons. The molecule has 0 amide bonds. The molecule has 2 aliphatic rings. The number of alkyl halides is 2. The number of likely N-dealkylation sites (tertiary alicyclic amines) is 1.